The van der Waals surface area contributed by atoms with Gasteiger partial charge >= 0.3 is 0 Å². The van der Waals surface area contributed by atoms with Gasteiger partial charge < -0.3 is 5.32 Å². The maximum Gasteiger partial charge on any atom is 0.284 e. The lowest BCUT2D eigenvalue weighted by molar-refractivity contribution is -0.130. The van der Waals surface area contributed by atoms with Crippen LogP contribution in [0.15, 0.2) is 63.9 Å². The molecule has 1 heterocycles. The number of sulfonamides is 1. The lowest BCUT2D eigenvalue weighted by atomic mass is 9.94. The summed E-state index contributed by atoms with van der Waals surface area (Å²) in [6.45, 7) is 0. The van der Waals surface area contributed by atoms with Crippen molar-refractivity contribution in [1.29, 1.82) is 0 Å². The topological polar surface area (TPSA) is 95.9 Å². The molecular formula is C23H24FN3O4S2. The third-order valence-electron chi connectivity index (χ3n) is 5.64. The first-order valence-electron chi connectivity index (χ1n) is 10.8. The molecule has 0 radical (unpaired) electrons. The number of benzene rings is 2. The van der Waals surface area contributed by atoms with Crippen LogP contribution in [0.3, 0.4) is 0 Å². The van der Waals surface area contributed by atoms with Crippen LogP contribution in [-0.4, -0.2) is 41.6 Å². The van der Waals surface area contributed by atoms with Crippen molar-refractivity contribution in [2.24, 2.45) is 4.40 Å². The summed E-state index contributed by atoms with van der Waals surface area (Å²) in [6, 6.07) is 13.1. The summed E-state index contributed by atoms with van der Waals surface area (Å²) >= 11 is 1.01. The molecule has 1 saturated carbocycles. The molecule has 2 fully saturated rings. The highest BCUT2D eigenvalue weighted by molar-refractivity contribution is 8.16. The second-order valence-corrected chi connectivity index (χ2v) is 10.8. The van der Waals surface area contributed by atoms with E-state index in [0.717, 1.165) is 43.9 Å². The number of nitrogens with one attached hydrogen (secondary N) is 1. The Hall–Kier alpha value is -2.72. The van der Waals surface area contributed by atoms with Crippen LogP contribution < -0.4 is 5.32 Å². The minimum absolute atomic E-state index is 0.0478. The fourth-order valence-corrected chi connectivity index (χ4v) is 6.44. The van der Waals surface area contributed by atoms with E-state index in [1.54, 1.807) is 18.2 Å². The molecule has 1 aliphatic carbocycles. The van der Waals surface area contributed by atoms with E-state index in [2.05, 4.69) is 9.71 Å². The molecule has 2 amide bonds. The van der Waals surface area contributed by atoms with Crippen molar-refractivity contribution in [2.75, 3.05) is 5.32 Å². The smallest absolute Gasteiger partial charge is 0.284 e. The van der Waals surface area contributed by atoms with Gasteiger partial charge in [-0.2, -0.15) is 8.42 Å². The fourth-order valence-electron chi connectivity index (χ4n) is 4.02. The zero-order chi connectivity index (χ0) is 23.4. The Balaban J connectivity index is 1.56. The highest BCUT2D eigenvalue weighted by atomic mass is 32.2. The molecule has 2 aromatic rings. The molecule has 0 spiro atoms. The maximum absolute atomic E-state index is 13.3. The van der Waals surface area contributed by atoms with Crippen molar-refractivity contribution in [3.63, 3.8) is 0 Å². The molecule has 2 aliphatic rings. The van der Waals surface area contributed by atoms with Gasteiger partial charge in [0.25, 0.3) is 10.0 Å². The monoisotopic (exact) mass is 489 g/mol. The summed E-state index contributed by atoms with van der Waals surface area (Å²) in [6.07, 6.45) is 4.37. The maximum atomic E-state index is 13.3. The van der Waals surface area contributed by atoms with E-state index in [1.807, 2.05) is 0 Å². The Labute approximate surface area is 196 Å². The summed E-state index contributed by atoms with van der Waals surface area (Å²) in [4.78, 5) is 27.4. The molecule has 1 N–H and O–H groups in total. The number of amidine groups is 1. The molecule has 1 aliphatic heterocycles. The summed E-state index contributed by atoms with van der Waals surface area (Å²) in [5, 5.41) is 1.99. The van der Waals surface area contributed by atoms with Gasteiger partial charge in [0.15, 0.2) is 5.17 Å². The largest absolute Gasteiger partial charge is 0.326 e. The molecule has 1 atom stereocenters. The standard InChI is InChI=1S/C23H24FN3O4S2/c24-16-11-13-17(14-12-16)25-21(28)15-20-22(29)27(18-7-3-1-4-8-18)23(32-20)26-33(30,31)19-9-5-2-6-10-19/h2,5-6,9-14,18,20H,1,3-4,7-8,15H2,(H,25,28)/t20-/m1/s1. The first-order valence-corrected chi connectivity index (χ1v) is 13.1. The molecule has 2 aromatic carbocycles. The van der Waals surface area contributed by atoms with Crippen molar-refractivity contribution < 1.29 is 22.4 Å². The molecule has 10 heteroatoms. The van der Waals surface area contributed by atoms with E-state index < -0.39 is 27.0 Å². The Morgan fingerprint density at radius 3 is 2.39 bits per heavy atom. The molecule has 0 unspecified atom stereocenters. The van der Waals surface area contributed by atoms with E-state index in [-0.39, 0.29) is 28.4 Å². The number of nitrogens with zero attached hydrogens (tertiary/aromatic N) is 2. The number of carbonyl (C=O) groups excluding carboxylic acids is 2. The molecule has 0 aromatic heterocycles. The molecule has 4 rings (SSSR count). The van der Waals surface area contributed by atoms with Crippen molar-refractivity contribution in [3.05, 3.63) is 60.4 Å². The Bertz CT molecular complexity index is 1150. The minimum Gasteiger partial charge on any atom is -0.326 e. The van der Waals surface area contributed by atoms with Crippen molar-refractivity contribution in [1.82, 2.24) is 4.90 Å². The Morgan fingerprint density at radius 1 is 1.06 bits per heavy atom. The van der Waals surface area contributed by atoms with E-state index in [4.69, 9.17) is 0 Å². The van der Waals surface area contributed by atoms with E-state index in [0.29, 0.717) is 5.69 Å². The minimum atomic E-state index is -4.01. The van der Waals surface area contributed by atoms with Crippen LogP contribution in [0.5, 0.6) is 0 Å². The SMILES string of the molecule is O=C(C[C@H]1SC(=NS(=O)(=O)c2ccccc2)N(C2CCCCC2)C1=O)Nc1ccc(F)cc1. The predicted octanol–water partition coefficient (Wildman–Crippen LogP) is 4.18. The van der Waals surface area contributed by atoms with Gasteiger partial charge in [0.05, 0.1) is 4.90 Å². The summed E-state index contributed by atoms with van der Waals surface area (Å²) < 4.78 is 42.9. The van der Waals surface area contributed by atoms with Gasteiger partial charge in [-0.1, -0.05) is 49.2 Å². The fraction of sp³-hybridized carbons (Fsp3) is 0.348. The number of hydrogen-bond acceptors (Lipinski definition) is 5. The number of hydrogen-bond donors (Lipinski definition) is 1. The second-order valence-electron chi connectivity index (χ2n) is 8.03. The van der Waals surface area contributed by atoms with Gasteiger partial charge in [0.2, 0.25) is 11.8 Å². The van der Waals surface area contributed by atoms with E-state index >= 15 is 0 Å². The lowest BCUT2D eigenvalue weighted by Crippen LogP contribution is -2.42. The van der Waals surface area contributed by atoms with Crippen molar-refractivity contribution >= 4 is 44.5 Å². The van der Waals surface area contributed by atoms with Crippen LogP contribution in [0.25, 0.3) is 0 Å². The highest BCUT2D eigenvalue weighted by Gasteiger charge is 2.43. The van der Waals surface area contributed by atoms with Gasteiger partial charge in [-0.3, -0.25) is 14.5 Å². The molecule has 1 saturated heterocycles. The van der Waals surface area contributed by atoms with Crippen LogP contribution >= 0.6 is 11.8 Å². The normalized spacial score (nSPS) is 20.9. The van der Waals surface area contributed by atoms with E-state index in [9.17, 15) is 22.4 Å². The van der Waals surface area contributed by atoms with Crippen LogP contribution in [0.4, 0.5) is 10.1 Å². The molecule has 33 heavy (non-hydrogen) atoms. The third-order valence-corrected chi connectivity index (χ3v) is 8.19. The van der Waals surface area contributed by atoms with Gasteiger partial charge in [0, 0.05) is 18.2 Å². The molecule has 174 valence electrons. The average Bonchev–Trinajstić information content (AvgIpc) is 3.10. The number of rotatable bonds is 6. The predicted molar refractivity (Wildman–Crippen MR) is 126 cm³/mol. The van der Waals surface area contributed by atoms with Crippen molar-refractivity contribution in [3.8, 4) is 0 Å². The van der Waals surface area contributed by atoms with Crippen molar-refractivity contribution in [2.45, 2.75) is 54.7 Å². The molecular weight excluding hydrogens is 465 g/mol. The second kappa shape index (κ2) is 10.0. The summed E-state index contributed by atoms with van der Waals surface area (Å²) in [5.74, 6) is -1.13. The molecule has 7 nitrogen and oxygen atoms in total. The van der Waals surface area contributed by atoms with Gasteiger partial charge in [-0.15, -0.1) is 4.40 Å². The van der Waals surface area contributed by atoms with Crippen LogP contribution in [0.1, 0.15) is 38.5 Å². The summed E-state index contributed by atoms with van der Waals surface area (Å²) in [5.41, 5.74) is 0.418. The molecule has 0 bridgehead atoms. The number of amides is 2. The zero-order valence-corrected chi connectivity index (χ0v) is 19.4. The quantitative estimate of drug-likeness (QED) is 0.657. The number of thioether (sulfide) groups is 1. The number of anilines is 1. The first-order chi connectivity index (χ1) is 15.8. The zero-order valence-electron chi connectivity index (χ0n) is 17.8. The van der Waals surface area contributed by atoms with Crippen LogP contribution in [0, 0.1) is 5.82 Å². The first kappa shape index (κ1) is 23.4. The van der Waals surface area contributed by atoms with Gasteiger partial charge in [0.1, 0.15) is 11.1 Å². The lowest BCUT2D eigenvalue weighted by Gasteiger charge is -2.30. The number of carbonyl (C=O) groups is 2. The van der Waals surface area contributed by atoms with E-state index in [1.165, 1.54) is 41.3 Å². The van der Waals surface area contributed by atoms with Gasteiger partial charge in [-0.05, 0) is 49.2 Å². The Morgan fingerprint density at radius 2 is 1.73 bits per heavy atom. The average molecular weight is 490 g/mol. The van der Waals surface area contributed by atoms with Gasteiger partial charge in [-0.25, -0.2) is 4.39 Å². The Kier molecular flexibility index (Phi) is 7.14. The van der Waals surface area contributed by atoms with Crippen LogP contribution in [0.2, 0.25) is 0 Å². The third kappa shape index (κ3) is 5.62. The highest BCUT2D eigenvalue weighted by Crippen LogP contribution is 2.36. The van der Waals surface area contributed by atoms with Crippen LogP contribution in [-0.2, 0) is 19.6 Å². The summed E-state index contributed by atoms with van der Waals surface area (Å²) in [7, 11) is -4.01. The number of halogens is 1.